The molecule has 0 aliphatic carbocycles. The maximum absolute atomic E-state index is 13.2. The lowest BCUT2D eigenvalue weighted by molar-refractivity contribution is -0.150. The molecule has 3 rings (SSSR count). The predicted molar refractivity (Wildman–Crippen MR) is 130 cm³/mol. The molecular formula is C22H31ClN2O5S2. The van der Waals surface area contributed by atoms with E-state index in [0.717, 1.165) is 17.1 Å². The van der Waals surface area contributed by atoms with Gasteiger partial charge in [0, 0.05) is 24.5 Å². The molecule has 0 aromatic heterocycles. The Labute approximate surface area is 203 Å². The van der Waals surface area contributed by atoms with Gasteiger partial charge in [-0.1, -0.05) is 30.3 Å². The molecular weight excluding hydrogens is 472 g/mol. The van der Waals surface area contributed by atoms with Gasteiger partial charge in [-0.3, -0.25) is 14.9 Å². The van der Waals surface area contributed by atoms with Crippen LogP contribution < -0.4 is 5.32 Å². The first kappa shape index (κ1) is 26.8. The molecule has 2 heterocycles. The number of carboxylic acids is 1. The van der Waals surface area contributed by atoms with E-state index >= 15 is 0 Å². The van der Waals surface area contributed by atoms with E-state index in [-0.39, 0.29) is 29.0 Å². The van der Waals surface area contributed by atoms with Crippen molar-refractivity contribution in [3.8, 4) is 0 Å². The number of aryl methyl sites for hydroxylation is 1. The molecule has 2 N–H and O–H groups in total. The van der Waals surface area contributed by atoms with E-state index < -0.39 is 30.1 Å². The van der Waals surface area contributed by atoms with E-state index in [2.05, 4.69) is 5.32 Å². The number of carboxylic acid groups (broad SMARTS) is 1. The van der Waals surface area contributed by atoms with Gasteiger partial charge < -0.3 is 14.7 Å². The van der Waals surface area contributed by atoms with Crippen molar-refractivity contribution in [2.75, 3.05) is 24.7 Å². The number of benzene rings is 1. The highest BCUT2D eigenvalue weighted by molar-refractivity contribution is 8.21. The maximum atomic E-state index is 13.2. The highest BCUT2D eigenvalue weighted by atomic mass is 35.5. The summed E-state index contributed by atoms with van der Waals surface area (Å²) in [4.78, 5) is 39.1. The average Bonchev–Trinajstić information content (AvgIpc) is 3.38. The normalized spacial score (nSPS) is 21.1. The summed E-state index contributed by atoms with van der Waals surface area (Å²) < 4.78 is 4.98. The summed E-state index contributed by atoms with van der Waals surface area (Å²) in [5, 5.41) is 12.8. The fourth-order valence-corrected chi connectivity index (χ4v) is 7.34. The van der Waals surface area contributed by atoms with Gasteiger partial charge in [-0.25, -0.2) is 4.79 Å². The number of carbonyl (C=O) groups excluding carboxylic acids is 2. The number of halogens is 1. The Bertz CT molecular complexity index is 792. The molecule has 7 nitrogen and oxygen atoms in total. The molecule has 2 aliphatic rings. The maximum Gasteiger partial charge on any atom is 0.326 e. The zero-order chi connectivity index (χ0) is 22.4. The van der Waals surface area contributed by atoms with Gasteiger partial charge in [-0.15, -0.1) is 35.9 Å². The quantitative estimate of drug-likeness (QED) is 0.498. The number of likely N-dealkylation sites (tertiary alicyclic amines) is 1. The van der Waals surface area contributed by atoms with Crippen LogP contribution in [0.25, 0.3) is 0 Å². The molecule has 10 heteroatoms. The zero-order valence-corrected chi connectivity index (χ0v) is 20.8. The molecule has 178 valence electrons. The molecule has 1 spiro atoms. The van der Waals surface area contributed by atoms with Gasteiger partial charge >= 0.3 is 11.9 Å². The number of ether oxygens (including phenoxy) is 1. The number of nitrogens with one attached hydrogen (secondary N) is 1. The molecule has 1 amide bonds. The lowest BCUT2D eigenvalue weighted by Crippen LogP contribution is -2.53. The van der Waals surface area contributed by atoms with Crippen LogP contribution in [0.5, 0.6) is 0 Å². The summed E-state index contributed by atoms with van der Waals surface area (Å²) in [6, 6.07) is 7.65. The molecule has 1 aromatic carbocycles. The van der Waals surface area contributed by atoms with Gasteiger partial charge in [-0.2, -0.15) is 0 Å². The van der Waals surface area contributed by atoms with Crippen molar-refractivity contribution >= 4 is 53.8 Å². The molecule has 2 aliphatic heterocycles. The Morgan fingerprint density at radius 2 is 1.91 bits per heavy atom. The van der Waals surface area contributed by atoms with E-state index in [1.807, 2.05) is 30.3 Å². The highest BCUT2D eigenvalue weighted by Crippen LogP contribution is 2.51. The zero-order valence-electron chi connectivity index (χ0n) is 18.3. The summed E-state index contributed by atoms with van der Waals surface area (Å²) in [7, 11) is 0. The Balaban J connectivity index is 0.00000363. The highest BCUT2D eigenvalue weighted by Gasteiger charge is 2.52. The number of rotatable bonds is 9. The van der Waals surface area contributed by atoms with Crippen molar-refractivity contribution in [3.63, 3.8) is 0 Å². The Morgan fingerprint density at radius 1 is 1.25 bits per heavy atom. The van der Waals surface area contributed by atoms with E-state index in [1.165, 1.54) is 4.90 Å². The van der Waals surface area contributed by atoms with E-state index in [1.54, 1.807) is 37.4 Å². The van der Waals surface area contributed by atoms with Crippen molar-refractivity contribution in [1.82, 2.24) is 10.2 Å². The van der Waals surface area contributed by atoms with Crippen molar-refractivity contribution in [3.05, 3.63) is 35.9 Å². The van der Waals surface area contributed by atoms with Crippen molar-refractivity contribution < 1.29 is 24.2 Å². The standard InChI is InChI=1S/C22H30N2O5S2.ClH/c1-3-29-21(28)17(10-9-16-7-5-4-6-8-16)23-15(2)19(25)24-14-22(30-11-12-31-22)13-18(24)20(26)27;/h4-8,15,17-18,23H,3,9-14H2,1-2H3,(H,26,27);1H. The summed E-state index contributed by atoms with van der Waals surface area (Å²) >= 11 is 3.50. The third kappa shape index (κ3) is 6.56. The molecule has 1 aromatic rings. The van der Waals surface area contributed by atoms with E-state index in [4.69, 9.17) is 4.74 Å². The minimum atomic E-state index is -0.975. The first-order valence-electron chi connectivity index (χ1n) is 10.6. The minimum Gasteiger partial charge on any atom is -0.480 e. The smallest absolute Gasteiger partial charge is 0.326 e. The van der Waals surface area contributed by atoms with Crippen LogP contribution in [0.1, 0.15) is 32.3 Å². The second-order valence-corrected chi connectivity index (χ2v) is 11.1. The van der Waals surface area contributed by atoms with Gasteiger partial charge in [0.05, 0.1) is 16.7 Å². The lowest BCUT2D eigenvalue weighted by atomic mass is 10.0. The van der Waals surface area contributed by atoms with E-state index in [0.29, 0.717) is 25.8 Å². The van der Waals surface area contributed by atoms with Crippen molar-refractivity contribution in [1.29, 1.82) is 0 Å². The molecule has 3 unspecified atom stereocenters. The van der Waals surface area contributed by atoms with Crippen LogP contribution in [-0.2, 0) is 25.5 Å². The van der Waals surface area contributed by atoms with Crippen LogP contribution in [0.3, 0.4) is 0 Å². The first-order chi connectivity index (χ1) is 14.8. The van der Waals surface area contributed by atoms with Gasteiger partial charge in [0.25, 0.3) is 0 Å². The molecule has 2 saturated heterocycles. The van der Waals surface area contributed by atoms with Crippen LogP contribution in [0, 0.1) is 0 Å². The number of carbonyl (C=O) groups is 3. The summed E-state index contributed by atoms with van der Waals surface area (Å²) in [6.45, 7) is 4.11. The third-order valence-corrected chi connectivity index (χ3v) is 9.06. The number of aliphatic carboxylic acids is 1. The van der Waals surface area contributed by atoms with Gasteiger partial charge in [0.1, 0.15) is 12.1 Å². The Morgan fingerprint density at radius 3 is 2.50 bits per heavy atom. The number of esters is 1. The SMILES string of the molecule is CCOC(=O)C(CCc1ccccc1)NC(C)C(=O)N1CC2(CC1C(=O)O)SCCS2.Cl. The van der Waals surface area contributed by atoms with Gasteiger partial charge in [-0.05, 0) is 32.3 Å². The minimum absolute atomic E-state index is 0. The van der Waals surface area contributed by atoms with Crippen LogP contribution >= 0.6 is 35.9 Å². The first-order valence-corrected chi connectivity index (χ1v) is 12.6. The fourth-order valence-electron chi connectivity index (χ4n) is 4.09. The fraction of sp³-hybridized carbons (Fsp3) is 0.591. The number of amides is 1. The van der Waals surface area contributed by atoms with E-state index in [9.17, 15) is 19.5 Å². The summed E-state index contributed by atoms with van der Waals surface area (Å²) in [5.74, 6) is 0.282. The Kier molecular flexibility index (Phi) is 10.2. The second-order valence-electron chi connectivity index (χ2n) is 7.85. The molecule has 2 fully saturated rings. The van der Waals surface area contributed by atoms with Crippen molar-refractivity contribution in [2.24, 2.45) is 0 Å². The molecule has 0 saturated carbocycles. The average molecular weight is 503 g/mol. The number of hydrogen-bond donors (Lipinski definition) is 2. The Hall–Kier alpha value is -1.42. The van der Waals surface area contributed by atoms with Gasteiger partial charge in [0.2, 0.25) is 5.91 Å². The van der Waals surface area contributed by atoms with Crippen LogP contribution in [0.2, 0.25) is 0 Å². The van der Waals surface area contributed by atoms with Crippen LogP contribution in [0.15, 0.2) is 30.3 Å². The topological polar surface area (TPSA) is 95.9 Å². The largest absolute Gasteiger partial charge is 0.480 e. The molecule has 0 radical (unpaired) electrons. The molecule has 3 atom stereocenters. The summed E-state index contributed by atoms with van der Waals surface area (Å²) in [6.07, 6.45) is 1.60. The van der Waals surface area contributed by atoms with Gasteiger partial charge in [0.15, 0.2) is 0 Å². The third-order valence-electron chi connectivity index (χ3n) is 5.63. The predicted octanol–water partition coefficient (Wildman–Crippen LogP) is 2.81. The summed E-state index contributed by atoms with van der Waals surface area (Å²) in [5.41, 5.74) is 1.10. The number of hydrogen-bond acceptors (Lipinski definition) is 7. The number of thioether (sulfide) groups is 2. The molecule has 0 bridgehead atoms. The second kappa shape index (κ2) is 12.2. The van der Waals surface area contributed by atoms with Crippen molar-refractivity contribution in [2.45, 2.75) is 55.3 Å². The number of nitrogens with zero attached hydrogens (tertiary/aromatic N) is 1. The van der Waals surface area contributed by atoms with Crippen LogP contribution in [-0.4, -0.2) is 74.7 Å². The monoisotopic (exact) mass is 502 g/mol. The van der Waals surface area contributed by atoms with Crippen LogP contribution in [0.4, 0.5) is 0 Å². The molecule has 32 heavy (non-hydrogen) atoms. The lowest BCUT2D eigenvalue weighted by Gasteiger charge is -2.28.